The zero-order valence-electron chi connectivity index (χ0n) is 10.4. The number of anilines is 1. The number of rotatable bonds is 3. The molecule has 1 fully saturated rings. The third-order valence-electron chi connectivity index (χ3n) is 3.23. The van der Waals surface area contributed by atoms with E-state index in [0.29, 0.717) is 10.2 Å². The van der Waals surface area contributed by atoms with Gasteiger partial charge in [-0.2, -0.15) is 0 Å². The van der Waals surface area contributed by atoms with Gasteiger partial charge in [-0.1, -0.05) is 6.92 Å². The molecule has 1 aliphatic rings. The number of amides is 1. The highest BCUT2D eigenvalue weighted by atomic mass is 79.9. The summed E-state index contributed by atoms with van der Waals surface area (Å²) in [6.07, 6.45) is 0.957. The lowest BCUT2D eigenvalue weighted by atomic mass is 10.0. The Hall–Kier alpha value is -1.47. The van der Waals surface area contributed by atoms with Crippen molar-refractivity contribution in [3.63, 3.8) is 0 Å². The number of benzene rings is 1. The average molecular weight is 328 g/mol. The summed E-state index contributed by atoms with van der Waals surface area (Å²) in [6, 6.07) is 4.30. The lowest BCUT2D eigenvalue weighted by Gasteiger charge is -2.15. The smallest absolute Gasteiger partial charge is 0.285 e. The summed E-state index contributed by atoms with van der Waals surface area (Å²) in [5.74, 6) is 0.118. The van der Waals surface area contributed by atoms with Gasteiger partial charge in [0.2, 0.25) is 5.91 Å². The number of hydrogen-bond donors (Lipinski definition) is 2. The number of carbonyl (C=O) groups excluding carboxylic acids is 1. The topological polar surface area (TPSA) is 84.3 Å². The molecule has 1 saturated heterocycles. The minimum atomic E-state index is -0.490. The third kappa shape index (κ3) is 3.10. The van der Waals surface area contributed by atoms with E-state index >= 15 is 0 Å². The van der Waals surface area contributed by atoms with Gasteiger partial charge in [-0.15, -0.1) is 0 Å². The fourth-order valence-electron chi connectivity index (χ4n) is 2.14. The molecule has 6 nitrogen and oxygen atoms in total. The number of carbonyl (C=O) groups is 1. The van der Waals surface area contributed by atoms with Crippen LogP contribution < -0.4 is 10.6 Å². The average Bonchev–Trinajstić information content (AvgIpc) is 2.77. The first-order valence-corrected chi connectivity index (χ1v) is 6.76. The van der Waals surface area contributed by atoms with E-state index in [9.17, 15) is 14.9 Å². The molecule has 0 radical (unpaired) electrons. The summed E-state index contributed by atoms with van der Waals surface area (Å²) in [4.78, 5) is 22.4. The second-order valence-electron chi connectivity index (χ2n) is 4.61. The highest BCUT2D eigenvalue weighted by molar-refractivity contribution is 9.10. The predicted molar refractivity (Wildman–Crippen MR) is 75.0 cm³/mol. The van der Waals surface area contributed by atoms with Gasteiger partial charge >= 0.3 is 0 Å². The van der Waals surface area contributed by atoms with Gasteiger partial charge in [0.15, 0.2) is 0 Å². The van der Waals surface area contributed by atoms with Crippen LogP contribution in [0, 0.1) is 16.0 Å². The van der Waals surface area contributed by atoms with Gasteiger partial charge in [-0.05, 0) is 46.9 Å². The van der Waals surface area contributed by atoms with Crippen LogP contribution in [0.3, 0.4) is 0 Å². The molecule has 102 valence electrons. The van der Waals surface area contributed by atoms with E-state index in [1.54, 1.807) is 12.1 Å². The maximum absolute atomic E-state index is 12.0. The van der Waals surface area contributed by atoms with Crippen molar-refractivity contribution in [3.05, 3.63) is 32.8 Å². The Morgan fingerprint density at radius 2 is 2.32 bits per heavy atom. The van der Waals surface area contributed by atoms with Gasteiger partial charge in [0.05, 0.1) is 15.4 Å². The first kappa shape index (κ1) is 14.0. The van der Waals surface area contributed by atoms with Crippen LogP contribution in [0.1, 0.15) is 13.3 Å². The van der Waals surface area contributed by atoms with Gasteiger partial charge < -0.3 is 10.6 Å². The van der Waals surface area contributed by atoms with Crippen LogP contribution in [-0.4, -0.2) is 23.4 Å². The molecule has 1 aliphatic heterocycles. The Balaban J connectivity index is 2.13. The Bertz CT molecular complexity index is 521. The van der Waals surface area contributed by atoms with Gasteiger partial charge in [0.1, 0.15) is 0 Å². The molecule has 0 aliphatic carbocycles. The fraction of sp³-hybridized carbons (Fsp3) is 0.417. The molecule has 0 aromatic heterocycles. The van der Waals surface area contributed by atoms with Gasteiger partial charge in [0, 0.05) is 11.8 Å². The molecule has 0 bridgehead atoms. The highest BCUT2D eigenvalue weighted by Gasteiger charge is 2.29. The van der Waals surface area contributed by atoms with Crippen molar-refractivity contribution in [3.8, 4) is 0 Å². The predicted octanol–water partition coefficient (Wildman–Crippen LogP) is 2.29. The molecule has 2 rings (SSSR count). The number of hydrogen-bond acceptors (Lipinski definition) is 4. The molecular formula is C12H14BrN3O3. The quantitative estimate of drug-likeness (QED) is 0.659. The van der Waals surface area contributed by atoms with E-state index in [-0.39, 0.29) is 23.6 Å². The van der Waals surface area contributed by atoms with E-state index in [0.717, 1.165) is 13.0 Å². The summed E-state index contributed by atoms with van der Waals surface area (Å²) in [6.45, 7) is 2.83. The summed E-state index contributed by atoms with van der Waals surface area (Å²) in [7, 11) is 0. The zero-order chi connectivity index (χ0) is 14.0. The van der Waals surface area contributed by atoms with Gasteiger partial charge in [-0.3, -0.25) is 14.9 Å². The van der Waals surface area contributed by atoms with Gasteiger partial charge in [0.25, 0.3) is 5.69 Å². The molecule has 2 N–H and O–H groups in total. The molecular weight excluding hydrogens is 314 g/mol. The fourth-order valence-corrected chi connectivity index (χ4v) is 2.53. The number of halogens is 1. The van der Waals surface area contributed by atoms with Crippen LogP contribution >= 0.6 is 15.9 Å². The summed E-state index contributed by atoms with van der Waals surface area (Å²) < 4.78 is 0.392. The summed E-state index contributed by atoms with van der Waals surface area (Å²) >= 11 is 3.11. The number of nitrogens with zero attached hydrogens (tertiary/aromatic N) is 1. The normalized spacial score (nSPS) is 22.2. The van der Waals surface area contributed by atoms with E-state index in [1.807, 2.05) is 6.92 Å². The van der Waals surface area contributed by atoms with E-state index in [2.05, 4.69) is 26.6 Å². The molecule has 0 saturated carbocycles. The largest absolute Gasteiger partial charge is 0.324 e. The minimum Gasteiger partial charge on any atom is -0.324 e. The van der Waals surface area contributed by atoms with Crippen LogP contribution in [0.4, 0.5) is 11.4 Å². The standard InChI is InChI=1S/C12H14BrN3O3/c1-7-4-5-14-11(7)12(17)15-8-2-3-9(13)10(6-8)16(18)19/h2-3,6-7,11,14H,4-5H2,1H3,(H,15,17). The van der Waals surface area contributed by atoms with Crippen LogP contribution in [0.5, 0.6) is 0 Å². The number of nitro benzene ring substituents is 1. The monoisotopic (exact) mass is 327 g/mol. The Labute approximate surface area is 118 Å². The van der Waals surface area contributed by atoms with E-state index < -0.39 is 4.92 Å². The first-order chi connectivity index (χ1) is 8.99. The molecule has 1 amide bonds. The summed E-state index contributed by atoms with van der Waals surface area (Å²) in [5, 5.41) is 16.6. The van der Waals surface area contributed by atoms with Crippen molar-refractivity contribution < 1.29 is 9.72 Å². The van der Waals surface area contributed by atoms with Crippen LogP contribution in [-0.2, 0) is 4.79 Å². The van der Waals surface area contributed by atoms with Crippen LogP contribution in [0.15, 0.2) is 22.7 Å². The lowest BCUT2D eigenvalue weighted by Crippen LogP contribution is -2.39. The molecule has 0 spiro atoms. The van der Waals surface area contributed by atoms with E-state index in [1.165, 1.54) is 6.07 Å². The highest BCUT2D eigenvalue weighted by Crippen LogP contribution is 2.28. The third-order valence-corrected chi connectivity index (χ3v) is 3.90. The first-order valence-electron chi connectivity index (χ1n) is 5.97. The Kier molecular flexibility index (Phi) is 4.16. The SMILES string of the molecule is CC1CCNC1C(=O)Nc1ccc(Br)c([N+](=O)[O-])c1. The van der Waals surface area contributed by atoms with E-state index in [4.69, 9.17) is 0 Å². The van der Waals surface area contributed by atoms with Crippen molar-refractivity contribution >= 4 is 33.2 Å². The molecule has 19 heavy (non-hydrogen) atoms. The number of nitro groups is 1. The molecule has 7 heteroatoms. The molecule has 1 aromatic rings. The second-order valence-corrected chi connectivity index (χ2v) is 5.46. The van der Waals surface area contributed by atoms with Crippen molar-refractivity contribution in [1.82, 2.24) is 5.32 Å². The minimum absolute atomic E-state index is 0.0646. The lowest BCUT2D eigenvalue weighted by molar-refractivity contribution is -0.385. The van der Waals surface area contributed by atoms with Gasteiger partial charge in [-0.25, -0.2) is 0 Å². The molecule has 1 aromatic carbocycles. The maximum Gasteiger partial charge on any atom is 0.285 e. The zero-order valence-corrected chi connectivity index (χ0v) is 11.9. The van der Waals surface area contributed by atoms with Crippen molar-refractivity contribution in [2.45, 2.75) is 19.4 Å². The maximum atomic E-state index is 12.0. The van der Waals surface area contributed by atoms with Crippen LogP contribution in [0.25, 0.3) is 0 Å². The molecule has 1 heterocycles. The molecule has 2 atom stereocenters. The summed E-state index contributed by atoms with van der Waals surface area (Å²) in [5.41, 5.74) is 0.367. The Morgan fingerprint density at radius 3 is 2.89 bits per heavy atom. The number of nitrogens with one attached hydrogen (secondary N) is 2. The van der Waals surface area contributed by atoms with Crippen molar-refractivity contribution in [2.24, 2.45) is 5.92 Å². The molecule has 2 unspecified atom stereocenters. The second kappa shape index (κ2) is 5.66. The van der Waals surface area contributed by atoms with Crippen LogP contribution in [0.2, 0.25) is 0 Å². The Morgan fingerprint density at radius 1 is 1.58 bits per heavy atom. The van der Waals surface area contributed by atoms with Crippen molar-refractivity contribution in [2.75, 3.05) is 11.9 Å². The van der Waals surface area contributed by atoms with Crippen molar-refractivity contribution in [1.29, 1.82) is 0 Å².